The predicted octanol–water partition coefficient (Wildman–Crippen LogP) is 3.16. The molecular formula is C22H23N3O2. The molecule has 0 unspecified atom stereocenters. The van der Waals surface area contributed by atoms with Gasteiger partial charge in [-0.3, -0.25) is 19.5 Å². The Bertz CT molecular complexity index is 882. The van der Waals surface area contributed by atoms with E-state index in [1.54, 1.807) is 12.4 Å². The number of hydrogen-bond acceptors (Lipinski definition) is 4. The third-order valence-corrected chi connectivity index (χ3v) is 5.25. The number of aryl methyl sites for hydroxylation is 1. The van der Waals surface area contributed by atoms with E-state index in [1.165, 1.54) is 11.3 Å². The van der Waals surface area contributed by atoms with Crippen LogP contribution in [0.5, 0.6) is 0 Å². The van der Waals surface area contributed by atoms with Crippen LogP contribution in [0.4, 0.5) is 0 Å². The van der Waals surface area contributed by atoms with Crippen LogP contribution in [-0.2, 0) is 16.1 Å². The highest BCUT2D eigenvalue weighted by atomic mass is 16.2. The fourth-order valence-electron chi connectivity index (χ4n) is 3.77. The Hall–Kier alpha value is -2.95. The van der Waals surface area contributed by atoms with Crippen LogP contribution in [0.2, 0.25) is 0 Å². The molecule has 2 aromatic rings. The highest BCUT2D eigenvalue weighted by molar-refractivity contribution is 6.35. The maximum atomic E-state index is 13.3. The number of likely N-dealkylation sites (tertiary alicyclic amines) is 1. The van der Waals surface area contributed by atoms with Gasteiger partial charge in [0.15, 0.2) is 0 Å². The lowest BCUT2D eigenvalue weighted by Gasteiger charge is -2.29. The maximum Gasteiger partial charge on any atom is 0.278 e. The summed E-state index contributed by atoms with van der Waals surface area (Å²) in [6.45, 7) is 3.94. The van der Waals surface area contributed by atoms with Crippen molar-refractivity contribution < 1.29 is 9.59 Å². The number of rotatable bonds is 4. The fraction of sp³-hybridized carbons (Fsp3) is 0.318. The van der Waals surface area contributed by atoms with Gasteiger partial charge in [-0.25, -0.2) is 0 Å². The number of aromatic nitrogens is 1. The van der Waals surface area contributed by atoms with Gasteiger partial charge in [-0.05, 0) is 49.4 Å². The number of pyridine rings is 1. The summed E-state index contributed by atoms with van der Waals surface area (Å²) in [5.41, 5.74) is 3.95. The summed E-state index contributed by atoms with van der Waals surface area (Å²) in [5, 5.41) is 0. The molecule has 4 rings (SSSR count). The van der Waals surface area contributed by atoms with Crippen LogP contribution in [0.3, 0.4) is 0 Å². The lowest BCUT2D eigenvalue weighted by atomic mass is 10.0. The van der Waals surface area contributed by atoms with Crippen LogP contribution < -0.4 is 0 Å². The second-order valence-corrected chi connectivity index (χ2v) is 7.19. The Morgan fingerprint density at radius 2 is 1.56 bits per heavy atom. The number of benzene rings is 1. The average molecular weight is 361 g/mol. The molecule has 3 heterocycles. The summed E-state index contributed by atoms with van der Waals surface area (Å²) < 4.78 is 0. The maximum absolute atomic E-state index is 13.3. The van der Waals surface area contributed by atoms with Gasteiger partial charge in [0.05, 0.1) is 12.1 Å². The van der Waals surface area contributed by atoms with Gasteiger partial charge in [0.1, 0.15) is 5.70 Å². The number of nitrogens with zero attached hydrogens (tertiary/aromatic N) is 3. The topological polar surface area (TPSA) is 53.5 Å². The third-order valence-electron chi connectivity index (χ3n) is 5.25. The molecule has 2 aliphatic rings. The van der Waals surface area contributed by atoms with Crippen molar-refractivity contribution in [3.63, 3.8) is 0 Å². The van der Waals surface area contributed by atoms with Gasteiger partial charge in [-0.2, -0.15) is 0 Å². The van der Waals surface area contributed by atoms with Crippen LogP contribution in [0.15, 0.2) is 54.5 Å². The summed E-state index contributed by atoms with van der Waals surface area (Å²) in [4.78, 5) is 34.0. The molecule has 27 heavy (non-hydrogen) atoms. The zero-order valence-corrected chi connectivity index (χ0v) is 15.5. The lowest BCUT2D eigenvalue weighted by Crippen LogP contribution is -2.36. The number of amides is 2. The Labute approximate surface area is 159 Å². The van der Waals surface area contributed by atoms with Gasteiger partial charge < -0.3 is 4.90 Å². The van der Waals surface area contributed by atoms with Gasteiger partial charge in [-0.15, -0.1) is 0 Å². The van der Waals surface area contributed by atoms with E-state index in [4.69, 9.17) is 0 Å². The molecule has 0 aliphatic carbocycles. The first-order chi connectivity index (χ1) is 13.1. The number of carbonyl (C=O) groups is 2. The second-order valence-electron chi connectivity index (χ2n) is 7.19. The highest BCUT2D eigenvalue weighted by Gasteiger charge is 2.41. The van der Waals surface area contributed by atoms with Crippen LogP contribution in [0, 0.1) is 6.92 Å². The first kappa shape index (κ1) is 17.5. The van der Waals surface area contributed by atoms with Gasteiger partial charge in [0, 0.05) is 25.5 Å². The van der Waals surface area contributed by atoms with Crippen molar-refractivity contribution in [3.8, 4) is 0 Å². The second kappa shape index (κ2) is 7.35. The van der Waals surface area contributed by atoms with Crippen molar-refractivity contribution >= 4 is 17.4 Å². The first-order valence-corrected chi connectivity index (χ1v) is 9.46. The van der Waals surface area contributed by atoms with E-state index in [0.717, 1.165) is 42.6 Å². The molecule has 1 aromatic heterocycles. The molecule has 1 fully saturated rings. The minimum atomic E-state index is -0.207. The summed E-state index contributed by atoms with van der Waals surface area (Å²) in [6, 6.07) is 11.5. The molecule has 138 valence electrons. The molecule has 5 nitrogen and oxygen atoms in total. The Morgan fingerprint density at radius 1 is 0.889 bits per heavy atom. The van der Waals surface area contributed by atoms with Crippen molar-refractivity contribution in [2.45, 2.75) is 32.7 Å². The van der Waals surface area contributed by atoms with Crippen LogP contribution in [0.25, 0.3) is 5.57 Å². The Kier molecular flexibility index (Phi) is 4.75. The van der Waals surface area contributed by atoms with Crippen molar-refractivity contribution in [1.29, 1.82) is 0 Å². The minimum Gasteiger partial charge on any atom is -0.366 e. The highest BCUT2D eigenvalue weighted by Crippen LogP contribution is 2.34. The lowest BCUT2D eigenvalue weighted by molar-refractivity contribution is -0.138. The molecule has 0 spiro atoms. The van der Waals surface area contributed by atoms with Gasteiger partial charge >= 0.3 is 0 Å². The number of imide groups is 1. The van der Waals surface area contributed by atoms with Crippen molar-refractivity contribution in [2.75, 3.05) is 13.1 Å². The SMILES string of the molecule is Cc1ccc(C2=C(N3CCCCC3)C(=O)N(Cc3ccncc3)C2=O)cc1. The van der Waals surface area contributed by atoms with Crippen molar-refractivity contribution in [1.82, 2.24) is 14.8 Å². The molecule has 0 radical (unpaired) electrons. The summed E-state index contributed by atoms with van der Waals surface area (Å²) in [7, 11) is 0. The molecule has 0 bridgehead atoms. The molecule has 0 saturated carbocycles. The molecule has 0 atom stereocenters. The Morgan fingerprint density at radius 3 is 2.22 bits per heavy atom. The summed E-state index contributed by atoms with van der Waals surface area (Å²) in [6.07, 6.45) is 6.64. The monoisotopic (exact) mass is 361 g/mol. The van der Waals surface area contributed by atoms with Gasteiger partial charge in [0.25, 0.3) is 11.8 Å². The van der Waals surface area contributed by atoms with E-state index in [-0.39, 0.29) is 18.4 Å². The zero-order chi connectivity index (χ0) is 18.8. The predicted molar refractivity (Wildman–Crippen MR) is 103 cm³/mol. The number of hydrogen-bond donors (Lipinski definition) is 0. The summed E-state index contributed by atoms with van der Waals surface area (Å²) >= 11 is 0. The minimum absolute atomic E-state index is 0.186. The molecule has 0 N–H and O–H groups in total. The first-order valence-electron chi connectivity index (χ1n) is 9.46. The average Bonchev–Trinajstić information content (AvgIpc) is 2.95. The van der Waals surface area contributed by atoms with E-state index in [1.807, 2.05) is 43.3 Å². The van der Waals surface area contributed by atoms with Crippen LogP contribution in [-0.4, -0.2) is 39.7 Å². The van der Waals surface area contributed by atoms with Gasteiger partial charge in [-0.1, -0.05) is 29.8 Å². The standard InChI is InChI=1S/C22H23N3O2/c1-16-5-7-18(8-6-16)19-20(24-13-3-2-4-14-24)22(27)25(21(19)26)15-17-9-11-23-12-10-17/h5-12H,2-4,13-15H2,1H3. The molecule has 2 aliphatic heterocycles. The molecule has 2 amide bonds. The normalized spacial score (nSPS) is 17.8. The number of carbonyl (C=O) groups excluding carboxylic acids is 2. The fourth-order valence-corrected chi connectivity index (χ4v) is 3.77. The third kappa shape index (κ3) is 3.37. The van der Waals surface area contributed by atoms with E-state index in [0.29, 0.717) is 11.3 Å². The van der Waals surface area contributed by atoms with Gasteiger partial charge in [0.2, 0.25) is 0 Å². The zero-order valence-electron chi connectivity index (χ0n) is 15.5. The molecule has 1 saturated heterocycles. The quantitative estimate of drug-likeness (QED) is 0.785. The van der Waals surface area contributed by atoms with Crippen molar-refractivity contribution in [2.24, 2.45) is 0 Å². The van der Waals surface area contributed by atoms with E-state index in [9.17, 15) is 9.59 Å². The Balaban J connectivity index is 1.73. The van der Waals surface area contributed by atoms with Crippen LogP contribution >= 0.6 is 0 Å². The van der Waals surface area contributed by atoms with Crippen LogP contribution in [0.1, 0.15) is 36.0 Å². The van der Waals surface area contributed by atoms with E-state index in [2.05, 4.69) is 9.88 Å². The van der Waals surface area contributed by atoms with E-state index >= 15 is 0 Å². The molecular weight excluding hydrogens is 338 g/mol. The number of piperidine rings is 1. The van der Waals surface area contributed by atoms with E-state index < -0.39 is 0 Å². The van der Waals surface area contributed by atoms with Crippen molar-refractivity contribution in [3.05, 3.63) is 71.2 Å². The molecule has 5 heteroatoms. The molecule has 1 aromatic carbocycles. The summed E-state index contributed by atoms with van der Waals surface area (Å²) in [5.74, 6) is -0.393. The largest absolute Gasteiger partial charge is 0.366 e. The smallest absolute Gasteiger partial charge is 0.278 e.